The third kappa shape index (κ3) is 7160. The molecule has 0 aliphatic rings. The average Bonchev–Trinajstić information content (AvgIpc) is 1.41. The van der Waals surface area contributed by atoms with Gasteiger partial charge >= 0.3 is 53.0 Å². The molecule has 0 aromatic carbocycles. The maximum atomic E-state index is 8.88. The standard InChI is InChI=1S/Na.3H3O4P.6H2O.H/c;3*1-5(2,3)4;;;;;;;/h;3*(H3,1,2,3,4);6*1H2;. The van der Waals surface area contributed by atoms with E-state index < -0.39 is 23.5 Å². The number of hydrogen-bond donors (Lipinski definition) is 9. The summed E-state index contributed by atoms with van der Waals surface area (Å²) in [6, 6.07) is 0. The summed E-state index contributed by atoms with van der Waals surface area (Å²) in [5, 5.41) is 0. The average molecular weight is 426 g/mol. The molecule has 0 unspecified atom stereocenters. The Kier molecular flexibility index (Phi) is 80.6. The molecule has 0 radical (unpaired) electrons. The van der Waals surface area contributed by atoms with Crippen molar-refractivity contribution in [3.05, 3.63) is 0 Å². The van der Waals surface area contributed by atoms with Gasteiger partial charge < -0.3 is 76.9 Å². The summed E-state index contributed by atoms with van der Waals surface area (Å²) >= 11 is 0. The zero-order valence-corrected chi connectivity index (χ0v) is 12.3. The second-order valence-corrected chi connectivity index (χ2v) is 4.62. The van der Waals surface area contributed by atoms with Gasteiger partial charge in [-0.05, 0) is 0 Å². The van der Waals surface area contributed by atoms with Crippen molar-refractivity contribution in [3.63, 3.8) is 0 Å². The summed E-state index contributed by atoms with van der Waals surface area (Å²) in [5.41, 5.74) is 0. The predicted molar refractivity (Wildman–Crippen MR) is 71.6 cm³/mol. The van der Waals surface area contributed by atoms with Crippen molar-refractivity contribution in [2.45, 2.75) is 0 Å². The first kappa shape index (κ1) is 65.8. The maximum absolute atomic E-state index is 8.88. The Morgan fingerprint density at radius 3 is 0.364 bits per heavy atom. The molecule has 18 nitrogen and oxygen atoms in total. The van der Waals surface area contributed by atoms with Gasteiger partial charge in [0.25, 0.3) is 0 Å². The first-order valence-electron chi connectivity index (χ1n) is 2.35. The molecule has 0 saturated carbocycles. The van der Waals surface area contributed by atoms with Crippen LogP contribution < -0.4 is 0 Å². The summed E-state index contributed by atoms with van der Waals surface area (Å²) in [7, 11) is -13.9. The van der Waals surface area contributed by atoms with E-state index in [1.165, 1.54) is 0 Å². The Morgan fingerprint density at radius 2 is 0.364 bits per heavy atom. The molecule has 0 bridgehead atoms. The van der Waals surface area contributed by atoms with E-state index >= 15 is 0 Å². The van der Waals surface area contributed by atoms with Crippen LogP contribution in [-0.2, 0) is 13.7 Å². The number of rotatable bonds is 0. The summed E-state index contributed by atoms with van der Waals surface area (Å²) in [5.74, 6) is 0. The molecule has 0 aliphatic heterocycles. The Hall–Kier alpha value is 1.09. The summed E-state index contributed by atoms with van der Waals surface area (Å²) in [6.45, 7) is 0. The second kappa shape index (κ2) is 27.0. The molecular formula is H22NaO18P3. The fourth-order valence-corrected chi connectivity index (χ4v) is 0. The molecule has 0 saturated heterocycles. The van der Waals surface area contributed by atoms with Gasteiger partial charge in [-0.1, -0.05) is 0 Å². The Balaban J connectivity index is -0.0000000106. The van der Waals surface area contributed by atoms with Crippen molar-refractivity contribution in [1.82, 2.24) is 0 Å². The van der Waals surface area contributed by atoms with Gasteiger partial charge in [0.05, 0.1) is 0 Å². The van der Waals surface area contributed by atoms with Crippen LogP contribution in [0.15, 0.2) is 0 Å². The Morgan fingerprint density at radius 1 is 0.364 bits per heavy atom. The molecular weight excluding hydrogens is 404 g/mol. The molecule has 0 spiro atoms. The van der Waals surface area contributed by atoms with Crippen LogP contribution in [0.1, 0.15) is 0 Å². The predicted octanol–water partition coefficient (Wildman–Crippen LogP) is -8.38. The monoisotopic (exact) mass is 426 g/mol. The zero-order chi connectivity index (χ0) is 13.5. The van der Waals surface area contributed by atoms with Gasteiger partial charge in [0.1, 0.15) is 0 Å². The van der Waals surface area contributed by atoms with Crippen molar-refractivity contribution in [2.24, 2.45) is 0 Å². The van der Waals surface area contributed by atoms with Crippen LogP contribution in [0.5, 0.6) is 0 Å². The molecule has 0 heterocycles. The molecule has 0 amide bonds. The first-order valence-corrected chi connectivity index (χ1v) is 7.04. The van der Waals surface area contributed by atoms with Crippen LogP contribution in [0.4, 0.5) is 0 Å². The minimum atomic E-state index is -4.64. The molecule has 22 heavy (non-hydrogen) atoms. The SMILES string of the molecule is O.O.O.O.O.O.O=P(O)(O)O.O=P(O)(O)O.O=P(O)(O)O.[NaH]. The van der Waals surface area contributed by atoms with Crippen molar-refractivity contribution in [1.29, 1.82) is 0 Å². The Labute approximate surface area is 143 Å². The second-order valence-electron chi connectivity index (χ2n) is 1.54. The molecule has 21 N–H and O–H groups in total. The molecule has 146 valence electrons. The summed E-state index contributed by atoms with van der Waals surface area (Å²) < 4.78 is 26.6. The van der Waals surface area contributed by atoms with Crippen LogP contribution in [0.3, 0.4) is 0 Å². The van der Waals surface area contributed by atoms with Gasteiger partial charge in [0, 0.05) is 0 Å². The van der Waals surface area contributed by atoms with E-state index in [1.807, 2.05) is 0 Å². The fraction of sp³-hybridized carbons (Fsp3) is 0. The van der Waals surface area contributed by atoms with E-state index in [2.05, 4.69) is 0 Å². The van der Waals surface area contributed by atoms with Gasteiger partial charge in [-0.3, -0.25) is 0 Å². The normalized spacial score (nSPS) is 8.05. The van der Waals surface area contributed by atoms with Gasteiger partial charge in [-0.25, -0.2) is 13.7 Å². The molecule has 0 aromatic rings. The van der Waals surface area contributed by atoms with E-state index in [9.17, 15) is 0 Å². The molecule has 0 rings (SSSR count). The van der Waals surface area contributed by atoms with Crippen LogP contribution in [0, 0.1) is 0 Å². The van der Waals surface area contributed by atoms with Gasteiger partial charge in [-0.2, -0.15) is 0 Å². The van der Waals surface area contributed by atoms with E-state index in [0.29, 0.717) is 0 Å². The molecule has 0 aromatic heterocycles. The van der Waals surface area contributed by atoms with Gasteiger partial charge in [0.15, 0.2) is 0 Å². The van der Waals surface area contributed by atoms with Crippen LogP contribution >= 0.6 is 23.5 Å². The number of hydrogen-bond acceptors (Lipinski definition) is 3. The van der Waals surface area contributed by atoms with E-state index in [4.69, 9.17) is 57.7 Å². The summed E-state index contributed by atoms with van der Waals surface area (Å²) in [4.78, 5) is 64.7. The van der Waals surface area contributed by atoms with E-state index in [0.717, 1.165) is 0 Å². The molecule has 0 fully saturated rings. The van der Waals surface area contributed by atoms with Crippen LogP contribution in [0.25, 0.3) is 0 Å². The molecule has 0 aliphatic carbocycles. The molecule has 0 atom stereocenters. The van der Waals surface area contributed by atoms with Crippen molar-refractivity contribution >= 4 is 53.0 Å². The van der Waals surface area contributed by atoms with Gasteiger partial charge in [-0.15, -0.1) is 0 Å². The first-order chi connectivity index (χ1) is 6.00. The van der Waals surface area contributed by atoms with Gasteiger partial charge in [0.2, 0.25) is 0 Å². The van der Waals surface area contributed by atoms with Crippen LogP contribution in [-0.4, -0.2) is 106 Å². The third-order valence-corrected chi connectivity index (χ3v) is 0. The van der Waals surface area contributed by atoms with Crippen LogP contribution in [0.2, 0.25) is 0 Å². The number of phosphoric acid groups is 3. The van der Waals surface area contributed by atoms with Crippen molar-refractivity contribution < 1.29 is 90.6 Å². The quantitative estimate of drug-likeness (QED) is 0.129. The third-order valence-electron chi connectivity index (χ3n) is 0. The molecule has 22 heteroatoms. The summed E-state index contributed by atoms with van der Waals surface area (Å²) in [6.07, 6.45) is 0. The van der Waals surface area contributed by atoms with E-state index in [1.54, 1.807) is 0 Å². The zero-order valence-electron chi connectivity index (χ0n) is 9.59. The topological polar surface area (TPSA) is 422 Å². The van der Waals surface area contributed by atoms with E-state index in [-0.39, 0.29) is 62.4 Å². The van der Waals surface area contributed by atoms with Crippen molar-refractivity contribution in [2.75, 3.05) is 0 Å². The fourth-order valence-electron chi connectivity index (χ4n) is 0. The minimum absolute atomic E-state index is 0. The van der Waals surface area contributed by atoms with Crippen molar-refractivity contribution in [3.8, 4) is 0 Å². The Bertz CT molecular complexity index is 204.